The molecule has 4 nitrogen and oxygen atoms in total. The third-order valence-electron chi connectivity index (χ3n) is 3.44. The van der Waals surface area contributed by atoms with Gasteiger partial charge in [-0.2, -0.15) is 0 Å². The summed E-state index contributed by atoms with van der Waals surface area (Å²) in [7, 11) is -2.74. The van der Waals surface area contributed by atoms with Gasteiger partial charge in [-0.05, 0) is 38.3 Å². The standard InChI is InChI=1S/C17H27O4P/c1-5-6-7-8-20-9-10-21-22(19)17(18)16-14(3)11-13(2)12-15(16)4/h11-12,22H,5-10H2,1-4H3. The molecule has 0 aliphatic heterocycles. The summed E-state index contributed by atoms with van der Waals surface area (Å²) in [6.07, 6.45) is 3.31. The number of unbranched alkanes of at least 4 members (excludes halogenated alkanes) is 2. The minimum atomic E-state index is -2.74. The maximum Gasteiger partial charge on any atom is 0.260 e. The minimum Gasteiger partial charge on any atom is -0.379 e. The van der Waals surface area contributed by atoms with Crippen LogP contribution in [0.3, 0.4) is 0 Å². The van der Waals surface area contributed by atoms with E-state index in [4.69, 9.17) is 9.26 Å². The first-order valence-electron chi connectivity index (χ1n) is 7.84. The highest BCUT2D eigenvalue weighted by atomic mass is 31.1. The Hall–Kier alpha value is -0.960. The molecule has 22 heavy (non-hydrogen) atoms. The van der Waals surface area contributed by atoms with Crippen molar-refractivity contribution in [2.75, 3.05) is 19.8 Å². The molecule has 5 heteroatoms. The maximum atomic E-state index is 12.3. The van der Waals surface area contributed by atoms with Crippen LogP contribution in [0.5, 0.6) is 0 Å². The van der Waals surface area contributed by atoms with Crippen LogP contribution in [0.4, 0.5) is 0 Å². The highest BCUT2D eigenvalue weighted by Crippen LogP contribution is 2.31. The van der Waals surface area contributed by atoms with Crippen LogP contribution in [0.1, 0.15) is 53.2 Å². The van der Waals surface area contributed by atoms with E-state index in [1.165, 1.54) is 0 Å². The smallest absolute Gasteiger partial charge is 0.260 e. The minimum absolute atomic E-state index is 0.194. The molecule has 0 spiro atoms. The van der Waals surface area contributed by atoms with Gasteiger partial charge >= 0.3 is 0 Å². The van der Waals surface area contributed by atoms with E-state index in [2.05, 4.69) is 6.92 Å². The van der Waals surface area contributed by atoms with Gasteiger partial charge in [0.25, 0.3) is 8.03 Å². The number of carbonyl (C=O) groups is 1. The monoisotopic (exact) mass is 326 g/mol. The number of hydrogen-bond donors (Lipinski definition) is 0. The highest BCUT2D eigenvalue weighted by molar-refractivity contribution is 7.60. The van der Waals surface area contributed by atoms with Gasteiger partial charge in [0.05, 0.1) is 13.2 Å². The van der Waals surface area contributed by atoms with Crippen molar-refractivity contribution in [2.24, 2.45) is 0 Å². The first-order chi connectivity index (χ1) is 10.5. The molecule has 1 rings (SSSR count). The Morgan fingerprint density at radius 2 is 1.68 bits per heavy atom. The molecule has 124 valence electrons. The van der Waals surface area contributed by atoms with Crippen molar-refractivity contribution < 1.29 is 18.6 Å². The van der Waals surface area contributed by atoms with Crippen LogP contribution in [0.25, 0.3) is 0 Å². The van der Waals surface area contributed by atoms with E-state index < -0.39 is 13.6 Å². The quantitative estimate of drug-likeness (QED) is 0.471. The van der Waals surface area contributed by atoms with Gasteiger partial charge < -0.3 is 9.26 Å². The zero-order chi connectivity index (χ0) is 16.5. The lowest BCUT2D eigenvalue weighted by molar-refractivity contribution is 0.0946. The number of rotatable bonds is 10. The van der Waals surface area contributed by atoms with Gasteiger partial charge in [0.1, 0.15) is 0 Å². The van der Waals surface area contributed by atoms with Crippen molar-refractivity contribution in [3.8, 4) is 0 Å². The van der Waals surface area contributed by atoms with Crippen LogP contribution in [0, 0.1) is 20.8 Å². The summed E-state index contributed by atoms with van der Waals surface area (Å²) in [4.78, 5) is 12.3. The van der Waals surface area contributed by atoms with Crippen molar-refractivity contribution in [3.05, 3.63) is 34.4 Å². The van der Waals surface area contributed by atoms with Gasteiger partial charge in [0, 0.05) is 12.2 Å². The fraction of sp³-hybridized carbons (Fsp3) is 0.588. The SMILES string of the molecule is CCCCCOCCO[PH](=O)C(=O)c1c(C)cc(C)cc1C. The summed E-state index contributed by atoms with van der Waals surface area (Å²) >= 11 is 0. The highest BCUT2D eigenvalue weighted by Gasteiger charge is 2.19. The molecule has 1 unspecified atom stereocenters. The largest absolute Gasteiger partial charge is 0.379 e. The fourth-order valence-corrected chi connectivity index (χ4v) is 3.45. The number of hydrogen-bond acceptors (Lipinski definition) is 4. The normalized spacial score (nSPS) is 12.4. The van der Waals surface area contributed by atoms with Crippen LogP contribution < -0.4 is 0 Å². The Morgan fingerprint density at radius 3 is 2.27 bits per heavy atom. The van der Waals surface area contributed by atoms with Crippen LogP contribution in [-0.4, -0.2) is 25.3 Å². The second-order valence-electron chi connectivity index (χ2n) is 5.56. The zero-order valence-corrected chi connectivity index (χ0v) is 15.0. The molecule has 0 N–H and O–H groups in total. The zero-order valence-electron chi connectivity index (χ0n) is 14.0. The molecular weight excluding hydrogens is 299 g/mol. The second-order valence-corrected chi connectivity index (χ2v) is 6.88. The Kier molecular flexibility index (Phi) is 8.62. The molecule has 1 aromatic carbocycles. The average molecular weight is 326 g/mol. The third kappa shape index (κ3) is 6.04. The summed E-state index contributed by atoms with van der Waals surface area (Å²) in [5.74, 6) is 0. The van der Waals surface area contributed by atoms with Gasteiger partial charge in [-0.25, -0.2) is 0 Å². The van der Waals surface area contributed by atoms with E-state index in [1.54, 1.807) is 0 Å². The molecule has 0 bridgehead atoms. The Labute approximate surface area is 134 Å². The van der Waals surface area contributed by atoms with E-state index in [1.807, 2.05) is 32.9 Å². The van der Waals surface area contributed by atoms with E-state index in [0.717, 1.165) is 36.0 Å². The predicted molar refractivity (Wildman–Crippen MR) is 90.3 cm³/mol. The van der Waals surface area contributed by atoms with E-state index in [0.29, 0.717) is 18.8 Å². The van der Waals surface area contributed by atoms with Crippen molar-refractivity contribution in [2.45, 2.75) is 47.0 Å². The van der Waals surface area contributed by atoms with Gasteiger partial charge in [-0.1, -0.05) is 37.5 Å². The molecule has 0 saturated heterocycles. The van der Waals surface area contributed by atoms with E-state index in [9.17, 15) is 9.36 Å². The average Bonchev–Trinajstić information content (AvgIpc) is 2.44. The lowest BCUT2D eigenvalue weighted by Gasteiger charge is -2.10. The third-order valence-corrected chi connectivity index (χ3v) is 4.53. The van der Waals surface area contributed by atoms with Gasteiger partial charge in [0.2, 0.25) is 5.52 Å². The molecule has 1 atom stereocenters. The molecule has 0 fully saturated rings. The molecule has 0 amide bonds. The van der Waals surface area contributed by atoms with Crippen molar-refractivity contribution in [1.29, 1.82) is 0 Å². The first kappa shape index (κ1) is 19.1. The summed E-state index contributed by atoms with van der Waals surface area (Å²) in [5.41, 5.74) is 2.91. The number of carbonyl (C=O) groups excluding carboxylic acids is 1. The molecular formula is C17H27O4P. The van der Waals surface area contributed by atoms with E-state index >= 15 is 0 Å². The van der Waals surface area contributed by atoms with Crippen molar-refractivity contribution in [1.82, 2.24) is 0 Å². The first-order valence-corrected chi connectivity index (χ1v) is 9.16. The Morgan fingerprint density at radius 1 is 1.05 bits per heavy atom. The molecule has 0 radical (unpaired) electrons. The predicted octanol–water partition coefficient (Wildman–Crippen LogP) is 4.45. The number of ether oxygens (including phenoxy) is 1. The molecule has 1 aromatic rings. The number of benzene rings is 1. The Bertz CT molecular complexity index is 502. The second kappa shape index (κ2) is 9.94. The van der Waals surface area contributed by atoms with Crippen LogP contribution >= 0.6 is 8.03 Å². The Balaban J connectivity index is 2.45. The van der Waals surface area contributed by atoms with Crippen LogP contribution in [0.15, 0.2) is 12.1 Å². The summed E-state index contributed by atoms with van der Waals surface area (Å²) in [5, 5.41) is 0. The molecule has 0 aromatic heterocycles. The molecule has 0 heterocycles. The fourth-order valence-electron chi connectivity index (χ4n) is 2.46. The van der Waals surface area contributed by atoms with Gasteiger partial charge in [0.15, 0.2) is 0 Å². The van der Waals surface area contributed by atoms with Gasteiger partial charge in [-0.15, -0.1) is 0 Å². The van der Waals surface area contributed by atoms with E-state index in [-0.39, 0.29) is 6.61 Å². The molecule has 0 aliphatic carbocycles. The lowest BCUT2D eigenvalue weighted by Crippen LogP contribution is -2.06. The van der Waals surface area contributed by atoms with Gasteiger partial charge in [-0.3, -0.25) is 9.36 Å². The maximum absolute atomic E-state index is 12.3. The molecule has 0 aliphatic rings. The summed E-state index contributed by atoms with van der Waals surface area (Å²) in [6.45, 7) is 9.08. The number of aryl methyl sites for hydroxylation is 3. The molecule has 0 saturated carbocycles. The lowest BCUT2D eigenvalue weighted by atomic mass is 10.0. The summed E-state index contributed by atoms with van der Waals surface area (Å²) < 4.78 is 22.6. The van der Waals surface area contributed by atoms with Crippen LogP contribution in [0.2, 0.25) is 0 Å². The van der Waals surface area contributed by atoms with Crippen molar-refractivity contribution >= 4 is 13.6 Å². The van der Waals surface area contributed by atoms with Crippen molar-refractivity contribution in [3.63, 3.8) is 0 Å². The van der Waals surface area contributed by atoms with Crippen LogP contribution in [-0.2, 0) is 13.8 Å². The topological polar surface area (TPSA) is 52.6 Å². The summed E-state index contributed by atoms with van der Waals surface area (Å²) in [6, 6.07) is 3.85.